The van der Waals surface area contributed by atoms with Crippen LogP contribution in [-0.2, 0) is 15.6 Å². The fourth-order valence-electron chi connectivity index (χ4n) is 1.63. The molecule has 0 radical (unpaired) electrons. The first-order valence-electron chi connectivity index (χ1n) is 5.94. The third-order valence-electron chi connectivity index (χ3n) is 3.01. The number of aryl methyl sites for hydroxylation is 2. The highest BCUT2D eigenvalue weighted by molar-refractivity contribution is 7.85. The zero-order chi connectivity index (χ0) is 13.0. The molecule has 0 aliphatic rings. The van der Waals surface area contributed by atoms with Gasteiger partial charge in [-0.2, -0.15) is 0 Å². The average molecular weight is 252 g/mol. The Morgan fingerprint density at radius 1 is 1.35 bits per heavy atom. The van der Waals surface area contributed by atoms with Crippen molar-refractivity contribution in [1.29, 1.82) is 0 Å². The first-order valence-corrected chi connectivity index (χ1v) is 7.26. The van der Waals surface area contributed by atoms with Crippen molar-refractivity contribution in [3.63, 3.8) is 0 Å². The number of hydrogen-bond donors (Lipinski definition) is 0. The van der Waals surface area contributed by atoms with Crippen LogP contribution in [-0.4, -0.2) is 15.7 Å². The summed E-state index contributed by atoms with van der Waals surface area (Å²) in [5.41, 5.74) is 2.15. The predicted molar refractivity (Wildman–Crippen MR) is 71.7 cm³/mol. The maximum absolute atomic E-state index is 12.1. The summed E-state index contributed by atoms with van der Waals surface area (Å²) in [7, 11) is -1.21. The van der Waals surface area contributed by atoms with E-state index in [1.165, 1.54) is 0 Å². The SMILES string of the molecule is CCC(C)C(=O)CS(=O)c1ccc(C)cc1C. The van der Waals surface area contributed by atoms with Crippen LogP contribution in [0.4, 0.5) is 0 Å². The van der Waals surface area contributed by atoms with E-state index in [1.807, 2.05) is 45.9 Å². The van der Waals surface area contributed by atoms with Crippen molar-refractivity contribution in [2.24, 2.45) is 5.92 Å². The monoisotopic (exact) mass is 252 g/mol. The van der Waals surface area contributed by atoms with Gasteiger partial charge in [0.1, 0.15) is 5.78 Å². The Labute approximate surface area is 106 Å². The van der Waals surface area contributed by atoms with E-state index in [2.05, 4.69) is 0 Å². The van der Waals surface area contributed by atoms with Gasteiger partial charge >= 0.3 is 0 Å². The van der Waals surface area contributed by atoms with Gasteiger partial charge in [0.15, 0.2) is 0 Å². The lowest BCUT2D eigenvalue weighted by Crippen LogP contribution is -2.18. The molecule has 1 aromatic rings. The first-order chi connectivity index (χ1) is 7.95. The normalized spacial score (nSPS) is 14.4. The number of hydrogen-bond acceptors (Lipinski definition) is 2. The molecular formula is C14H20O2S. The highest BCUT2D eigenvalue weighted by atomic mass is 32.2. The molecule has 0 aliphatic carbocycles. The Morgan fingerprint density at radius 3 is 2.53 bits per heavy atom. The van der Waals surface area contributed by atoms with Gasteiger partial charge in [0, 0.05) is 10.8 Å². The molecule has 0 fully saturated rings. The summed E-state index contributed by atoms with van der Waals surface area (Å²) in [6.45, 7) is 7.81. The zero-order valence-electron chi connectivity index (χ0n) is 10.9. The molecule has 0 heterocycles. The second kappa shape index (κ2) is 6.10. The first kappa shape index (κ1) is 14.1. The highest BCUT2D eigenvalue weighted by Gasteiger charge is 2.16. The van der Waals surface area contributed by atoms with Crippen LogP contribution in [0.5, 0.6) is 0 Å². The van der Waals surface area contributed by atoms with E-state index >= 15 is 0 Å². The molecule has 2 atom stereocenters. The van der Waals surface area contributed by atoms with E-state index < -0.39 is 10.8 Å². The standard InChI is InChI=1S/C14H20O2S/c1-5-11(3)13(15)9-17(16)14-7-6-10(2)8-12(14)4/h6-8,11H,5,9H2,1-4H3. The minimum Gasteiger partial charge on any atom is -0.298 e. The van der Waals surface area contributed by atoms with Crippen LogP contribution >= 0.6 is 0 Å². The zero-order valence-corrected chi connectivity index (χ0v) is 11.8. The Hall–Kier alpha value is -0.960. The molecule has 0 saturated carbocycles. The highest BCUT2D eigenvalue weighted by Crippen LogP contribution is 2.16. The van der Waals surface area contributed by atoms with Gasteiger partial charge in [-0.05, 0) is 31.9 Å². The molecule has 17 heavy (non-hydrogen) atoms. The minimum atomic E-state index is -1.21. The summed E-state index contributed by atoms with van der Waals surface area (Å²) in [5.74, 6) is 0.231. The van der Waals surface area contributed by atoms with Crippen molar-refractivity contribution in [3.05, 3.63) is 29.3 Å². The van der Waals surface area contributed by atoms with Crippen LogP contribution in [0.15, 0.2) is 23.1 Å². The lowest BCUT2D eigenvalue weighted by molar-refractivity contribution is -0.119. The molecule has 0 aliphatic heterocycles. The molecule has 0 saturated heterocycles. The van der Waals surface area contributed by atoms with Crippen molar-refractivity contribution < 1.29 is 9.00 Å². The second-order valence-electron chi connectivity index (χ2n) is 4.53. The molecule has 94 valence electrons. The number of benzene rings is 1. The number of carbonyl (C=O) groups excluding carboxylic acids is 1. The topological polar surface area (TPSA) is 34.1 Å². The van der Waals surface area contributed by atoms with E-state index in [0.29, 0.717) is 0 Å². The van der Waals surface area contributed by atoms with E-state index in [-0.39, 0.29) is 17.5 Å². The molecule has 2 unspecified atom stereocenters. The van der Waals surface area contributed by atoms with E-state index in [4.69, 9.17) is 0 Å². The summed E-state index contributed by atoms with van der Waals surface area (Å²) in [6, 6.07) is 5.81. The van der Waals surface area contributed by atoms with Crippen LogP contribution < -0.4 is 0 Å². The maximum Gasteiger partial charge on any atom is 0.148 e. The molecule has 0 N–H and O–H groups in total. The maximum atomic E-state index is 12.1. The van der Waals surface area contributed by atoms with E-state index in [9.17, 15) is 9.00 Å². The van der Waals surface area contributed by atoms with Crippen LogP contribution in [0.25, 0.3) is 0 Å². The molecule has 0 amide bonds. The third kappa shape index (κ3) is 3.77. The average Bonchev–Trinajstić information content (AvgIpc) is 2.27. The fraction of sp³-hybridized carbons (Fsp3) is 0.500. The lowest BCUT2D eigenvalue weighted by Gasteiger charge is -2.09. The summed E-state index contributed by atoms with van der Waals surface area (Å²) in [4.78, 5) is 12.5. The Bertz CT molecular complexity index is 438. The van der Waals surface area contributed by atoms with Gasteiger partial charge in [0.25, 0.3) is 0 Å². The minimum absolute atomic E-state index is 0.00436. The second-order valence-corrected chi connectivity index (χ2v) is 5.95. The van der Waals surface area contributed by atoms with Crippen molar-refractivity contribution in [2.45, 2.75) is 39.0 Å². The van der Waals surface area contributed by atoms with Crippen LogP contribution in [0, 0.1) is 19.8 Å². The quantitative estimate of drug-likeness (QED) is 0.807. The lowest BCUT2D eigenvalue weighted by atomic mass is 10.1. The molecular weight excluding hydrogens is 232 g/mol. The molecule has 2 nitrogen and oxygen atoms in total. The summed E-state index contributed by atoms with van der Waals surface area (Å²) in [6.07, 6.45) is 0.808. The van der Waals surface area contributed by atoms with Gasteiger partial charge in [-0.1, -0.05) is 31.5 Å². The number of ketones is 1. The number of carbonyl (C=O) groups is 1. The molecule has 1 aromatic carbocycles. The van der Waals surface area contributed by atoms with Crippen molar-refractivity contribution in [2.75, 3.05) is 5.75 Å². The van der Waals surface area contributed by atoms with E-state index in [1.54, 1.807) is 0 Å². The van der Waals surface area contributed by atoms with Gasteiger partial charge in [-0.15, -0.1) is 0 Å². The number of Topliss-reactive ketones (excluding diaryl/α,β-unsaturated/α-hetero) is 1. The Morgan fingerprint density at radius 2 is 2.00 bits per heavy atom. The molecule has 0 bridgehead atoms. The van der Waals surface area contributed by atoms with Gasteiger partial charge in [0.2, 0.25) is 0 Å². The van der Waals surface area contributed by atoms with Crippen molar-refractivity contribution >= 4 is 16.6 Å². The Kier molecular flexibility index (Phi) is 5.06. The van der Waals surface area contributed by atoms with Crippen LogP contribution in [0.3, 0.4) is 0 Å². The van der Waals surface area contributed by atoms with Crippen molar-refractivity contribution in [3.8, 4) is 0 Å². The van der Waals surface area contributed by atoms with Crippen LogP contribution in [0.2, 0.25) is 0 Å². The van der Waals surface area contributed by atoms with Crippen LogP contribution in [0.1, 0.15) is 31.4 Å². The third-order valence-corrected chi connectivity index (χ3v) is 4.51. The van der Waals surface area contributed by atoms with Gasteiger partial charge in [-0.3, -0.25) is 9.00 Å². The van der Waals surface area contributed by atoms with Crippen molar-refractivity contribution in [1.82, 2.24) is 0 Å². The smallest absolute Gasteiger partial charge is 0.148 e. The summed E-state index contributed by atoms with van der Waals surface area (Å²) < 4.78 is 12.1. The summed E-state index contributed by atoms with van der Waals surface area (Å²) in [5, 5.41) is 0. The predicted octanol–water partition coefficient (Wildman–Crippen LogP) is 3.03. The summed E-state index contributed by atoms with van der Waals surface area (Å²) >= 11 is 0. The van der Waals surface area contributed by atoms with Gasteiger partial charge in [0.05, 0.1) is 16.6 Å². The van der Waals surface area contributed by atoms with E-state index in [0.717, 1.165) is 22.4 Å². The largest absolute Gasteiger partial charge is 0.298 e. The molecule has 3 heteroatoms. The molecule has 1 rings (SSSR count). The fourth-order valence-corrected chi connectivity index (χ4v) is 2.97. The molecule has 0 spiro atoms. The van der Waals surface area contributed by atoms with Gasteiger partial charge < -0.3 is 0 Å². The Balaban J connectivity index is 2.80. The molecule has 0 aromatic heterocycles. The number of rotatable bonds is 5. The van der Waals surface area contributed by atoms with Gasteiger partial charge in [-0.25, -0.2) is 0 Å².